The van der Waals surface area contributed by atoms with Gasteiger partial charge in [-0.25, -0.2) is 4.98 Å². The van der Waals surface area contributed by atoms with Crippen molar-refractivity contribution in [2.45, 2.75) is 6.92 Å². The normalized spacial score (nSPS) is 10.4. The van der Waals surface area contributed by atoms with Gasteiger partial charge in [0.2, 0.25) is 5.28 Å². The van der Waals surface area contributed by atoms with Crippen molar-refractivity contribution in [1.82, 2.24) is 9.97 Å². The highest BCUT2D eigenvalue weighted by molar-refractivity contribution is 6.35. The number of nitrogens with one attached hydrogen (secondary N) is 1. The molecule has 0 saturated carbocycles. The molecule has 0 aliphatic carbocycles. The average Bonchev–Trinajstić information content (AvgIpc) is 2.28. The molecule has 0 radical (unpaired) electrons. The molecule has 2 rings (SSSR count). The molecule has 0 unspecified atom stereocenters. The van der Waals surface area contributed by atoms with Crippen LogP contribution in [0.15, 0.2) is 24.4 Å². The van der Waals surface area contributed by atoms with Crippen LogP contribution in [-0.4, -0.2) is 9.97 Å². The van der Waals surface area contributed by atoms with Crippen LogP contribution in [0.3, 0.4) is 0 Å². The highest BCUT2D eigenvalue weighted by Crippen LogP contribution is 2.30. The molecular weight excluding hydrogens is 281 g/mol. The number of aromatic nitrogens is 2. The summed E-state index contributed by atoms with van der Waals surface area (Å²) in [6, 6.07) is 5.59. The number of hydrogen-bond donors (Lipinski definition) is 1. The van der Waals surface area contributed by atoms with Crippen LogP contribution in [0, 0.1) is 6.92 Å². The Bertz CT molecular complexity index is 537. The van der Waals surface area contributed by atoms with E-state index in [1.165, 1.54) is 6.20 Å². The first-order valence-electron chi connectivity index (χ1n) is 4.78. The monoisotopic (exact) mass is 287 g/mol. The maximum Gasteiger partial charge on any atom is 0.224 e. The van der Waals surface area contributed by atoms with Crippen LogP contribution in [0.25, 0.3) is 0 Å². The van der Waals surface area contributed by atoms with Gasteiger partial charge in [0.1, 0.15) is 5.02 Å². The third-order valence-corrected chi connectivity index (χ3v) is 2.95. The summed E-state index contributed by atoms with van der Waals surface area (Å²) < 4.78 is 0. The van der Waals surface area contributed by atoms with E-state index in [9.17, 15) is 0 Å². The predicted octanol–water partition coefficient (Wildman–Crippen LogP) is 4.49. The van der Waals surface area contributed by atoms with Crippen LogP contribution in [-0.2, 0) is 0 Å². The number of benzene rings is 1. The number of rotatable bonds is 2. The molecule has 0 fully saturated rings. The van der Waals surface area contributed by atoms with Gasteiger partial charge >= 0.3 is 0 Å². The molecule has 1 aromatic heterocycles. The fraction of sp³-hybridized carbons (Fsp3) is 0.0909. The molecular formula is C11H8Cl3N3. The highest BCUT2D eigenvalue weighted by atomic mass is 35.5. The Kier molecular flexibility index (Phi) is 3.72. The van der Waals surface area contributed by atoms with Gasteiger partial charge in [-0.3, -0.25) is 0 Å². The minimum absolute atomic E-state index is 0.126. The molecule has 1 heterocycles. The Morgan fingerprint density at radius 2 is 1.88 bits per heavy atom. The van der Waals surface area contributed by atoms with Gasteiger partial charge in [0.25, 0.3) is 0 Å². The van der Waals surface area contributed by atoms with Crippen LogP contribution in [0.5, 0.6) is 0 Å². The van der Waals surface area contributed by atoms with E-state index >= 15 is 0 Å². The standard InChI is InChI=1S/C11H8Cl3N3/c1-6-3-2-4-7(12)9(6)16-10-8(13)5-15-11(14)17-10/h2-5H,1H3,(H,15,16,17). The van der Waals surface area contributed by atoms with Gasteiger partial charge in [-0.1, -0.05) is 35.3 Å². The lowest BCUT2D eigenvalue weighted by Crippen LogP contribution is -1.98. The van der Waals surface area contributed by atoms with Gasteiger partial charge in [0.05, 0.1) is 16.9 Å². The Morgan fingerprint density at radius 1 is 1.12 bits per heavy atom. The third kappa shape index (κ3) is 2.80. The van der Waals surface area contributed by atoms with E-state index in [1.807, 2.05) is 19.1 Å². The summed E-state index contributed by atoms with van der Waals surface area (Å²) >= 11 is 17.8. The lowest BCUT2D eigenvalue weighted by Gasteiger charge is -2.11. The zero-order valence-corrected chi connectivity index (χ0v) is 11.1. The van der Waals surface area contributed by atoms with Gasteiger partial charge in [-0.15, -0.1) is 0 Å². The number of para-hydroxylation sites is 1. The van der Waals surface area contributed by atoms with Crippen molar-refractivity contribution in [3.8, 4) is 0 Å². The molecule has 0 spiro atoms. The first-order valence-corrected chi connectivity index (χ1v) is 5.91. The Balaban J connectivity index is 2.41. The maximum absolute atomic E-state index is 6.09. The molecule has 0 aliphatic heterocycles. The van der Waals surface area contributed by atoms with E-state index in [2.05, 4.69) is 15.3 Å². The number of nitrogens with zero attached hydrogens (tertiary/aromatic N) is 2. The van der Waals surface area contributed by atoms with E-state index in [0.29, 0.717) is 15.9 Å². The molecule has 0 bridgehead atoms. The van der Waals surface area contributed by atoms with Crippen LogP contribution < -0.4 is 5.32 Å². The van der Waals surface area contributed by atoms with Crippen LogP contribution in [0.1, 0.15) is 5.56 Å². The van der Waals surface area contributed by atoms with Crippen LogP contribution >= 0.6 is 34.8 Å². The van der Waals surface area contributed by atoms with Crippen molar-refractivity contribution in [3.05, 3.63) is 45.3 Å². The second-order valence-corrected chi connectivity index (χ2v) is 4.54. The molecule has 1 aromatic carbocycles. The van der Waals surface area contributed by atoms with Gasteiger partial charge in [0, 0.05) is 0 Å². The second kappa shape index (κ2) is 5.08. The molecule has 88 valence electrons. The second-order valence-electron chi connectivity index (χ2n) is 3.39. The quantitative estimate of drug-likeness (QED) is 0.827. The molecule has 0 amide bonds. The SMILES string of the molecule is Cc1cccc(Cl)c1Nc1nc(Cl)ncc1Cl. The van der Waals surface area contributed by atoms with Crippen molar-refractivity contribution in [3.63, 3.8) is 0 Å². The van der Waals surface area contributed by atoms with Crippen molar-refractivity contribution >= 4 is 46.3 Å². The maximum atomic E-state index is 6.09. The number of anilines is 2. The van der Waals surface area contributed by atoms with E-state index in [0.717, 1.165) is 11.3 Å². The molecule has 0 saturated heterocycles. The molecule has 0 aliphatic rings. The van der Waals surface area contributed by atoms with Gasteiger partial charge in [-0.2, -0.15) is 4.98 Å². The molecule has 0 atom stereocenters. The molecule has 1 N–H and O–H groups in total. The van der Waals surface area contributed by atoms with Crippen molar-refractivity contribution in [1.29, 1.82) is 0 Å². The predicted molar refractivity (Wildman–Crippen MR) is 71.5 cm³/mol. The van der Waals surface area contributed by atoms with Crippen LogP contribution in [0.2, 0.25) is 15.3 Å². The van der Waals surface area contributed by atoms with Crippen molar-refractivity contribution in [2.75, 3.05) is 5.32 Å². The molecule has 2 aromatic rings. The Morgan fingerprint density at radius 3 is 2.59 bits per heavy atom. The summed E-state index contributed by atoms with van der Waals surface area (Å²) in [6.07, 6.45) is 1.44. The van der Waals surface area contributed by atoms with E-state index in [4.69, 9.17) is 34.8 Å². The van der Waals surface area contributed by atoms with Gasteiger partial charge in [-0.05, 0) is 30.2 Å². The smallest absolute Gasteiger partial charge is 0.224 e. The zero-order valence-electron chi connectivity index (χ0n) is 8.84. The Labute approximate surface area is 114 Å². The highest BCUT2D eigenvalue weighted by Gasteiger charge is 2.08. The topological polar surface area (TPSA) is 37.8 Å². The van der Waals surface area contributed by atoms with E-state index in [-0.39, 0.29) is 5.28 Å². The lowest BCUT2D eigenvalue weighted by molar-refractivity contribution is 1.17. The number of halogens is 3. The van der Waals surface area contributed by atoms with Crippen LogP contribution in [0.4, 0.5) is 11.5 Å². The Hall–Kier alpha value is -1.03. The lowest BCUT2D eigenvalue weighted by atomic mass is 10.2. The average molecular weight is 289 g/mol. The third-order valence-electron chi connectivity index (χ3n) is 2.18. The molecule has 17 heavy (non-hydrogen) atoms. The van der Waals surface area contributed by atoms with Crippen molar-refractivity contribution in [2.24, 2.45) is 0 Å². The first kappa shape index (κ1) is 12.4. The summed E-state index contributed by atoms with van der Waals surface area (Å²) in [7, 11) is 0. The van der Waals surface area contributed by atoms with Gasteiger partial charge in [0.15, 0.2) is 5.82 Å². The minimum atomic E-state index is 0.126. The van der Waals surface area contributed by atoms with Crippen molar-refractivity contribution < 1.29 is 0 Å². The van der Waals surface area contributed by atoms with Gasteiger partial charge < -0.3 is 5.32 Å². The first-order chi connectivity index (χ1) is 8.08. The molecule has 3 nitrogen and oxygen atoms in total. The largest absolute Gasteiger partial charge is 0.337 e. The summed E-state index contributed by atoms with van der Waals surface area (Å²) in [4.78, 5) is 7.78. The minimum Gasteiger partial charge on any atom is -0.337 e. The van der Waals surface area contributed by atoms with E-state index in [1.54, 1.807) is 6.07 Å². The number of aryl methyl sites for hydroxylation is 1. The summed E-state index contributed by atoms with van der Waals surface area (Å²) in [6.45, 7) is 1.94. The fourth-order valence-electron chi connectivity index (χ4n) is 1.34. The number of hydrogen-bond acceptors (Lipinski definition) is 3. The zero-order chi connectivity index (χ0) is 12.4. The summed E-state index contributed by atoms with van der Waals surface area (Å²) in [5.74, 6) is 0.433. The molecule has 6 heteroatoms. The van der Waals surface area contributed by atoms with E-state index < -0.39 is 0 Å². The fourth-order valence-corrected chi connectivity index (χ4v) is 1.88. The summed E-state index contributed by atoms with van der Waals surface area (Å²) in [5, 5.41) is 4.15. The summed E-state index contributed by atoms with van der Waals surface area (Å²) in [5.41, 5.74) is 1.74.